The fourth-order valence-electron chi connectivity index (χ4n) is 3.92. The lowest BCUT2D eigenvalue weighted by atomic mass is 10.1. The predicted octanol–water partition coefficient (Wildman–Crippen LogP) is 7.79. The molecule has 0 spiro atoms. The molecule has 0 bridgehead atoms. The minimum absolute atomic E-state index is 0.259. The highest BCUT2D eigenvalue weighted by atomic mass is 35.5. The Kier molecular flexibility index (Phi) is 7.67. The van der Waals surface area contributed by atoms with Gasteiger partial charge in [0.05, 0.1) is 32.8 Å². The van der Waals surface area contributed by atoms with Crippen LogP contribution in [-0.4, -0.2) is 16.1 Å². The molecule has 2 amide bonds. The number of hydrogen-bond donors (Lipinski definition) is 3. The van der Waals surface area contributed by atoms with Crippen LogP contribution in [-0.2, 0) is 11.0 Å². The van der Waals surface area contributed by atoms with Crippen LogP contribution in [0.5, 0.6) is 0 Å². The molecule has 39 heavy (non-hydrogen) atoms. The van der Waals surface area contributed by atoms with E-state index in [4.69, 9.17) is 52.1 Å². The third-order valence-electron chi connectivity index (χ3n) is 5.90. The summed E-state index contributed by atoms with van der Waals surface area (Å²) >= 11 is 24.1. The lowest BCUT2D eigenvalue weighted by Crippen LogP contribution is -2.20. The van der Waals surface area contributed by atoms with Gasteiger partial charge >= 0.3 is 6.18 Å². The minimum Gasteiger partial charge on any atom is -0.394 e. The summed E-state index contributed by atoms with van der Waals surface area (Å²) in [6, 6.07) is 6.37. The lowest BCUT2D eigenvalue weighted by Gasteiger charge is -2.16. The standard InChI is InChI=1S/C24H13Cl4F6N3O2/c25-12-5-8(1-2-13(12)29)16-17(23(16,27)28)22(39)36-9-6-10(18(26)11(7-9)24(32,33)34)21(38)37-15-4-3-14(30)20(35)19(15)31/h1-7,16-17H,35H2,(H,36,39)(H,37,38). The molecule has 1 aliphatic rings. The molecule has 0 heterocycles. The highest BCUT2D eigenvalue weighted by Gasteiger charge is 2.67. The zero-order chi connectivity index (χ0) is 29.0. The van der Waals surface area contributed by atoms with E-state index in [9.17, 15) is 35.9 Å². The minimum atomic E-state index is -5.08. The number of carbonyl (C=O) groups is 2. The van der Waals surface area contributed by atoms with Gasteiger partial charge in [-0.2, -0.15) is 13.2 Å². The molecule has 1 fully saturated rings. The molecule has 4 rings (SSSR count). The Morgan fingerprint density at radius 1 is 0.923 bits per heavy atom. The van der Waals surface area contributed by atoms with Gasteiger partial charge in [-0.1, -0.05) is 29.3 Å². The number of benzene rings is 3. The van der Waals surface area contributed by atoms with Crippen molar-refractivity contribution in [2.45, 2.75) is 16.4 Å². The molecule has 0 radical (unpaired) electrons. The molecule has 4 N–H and O–H groups in total. The molecular weight excluding hydrogens is 618 g/mol. The van der Waals surface area contributed by atoms with Gasteiger partial charge in [0, 0.05) is 11.6 Å². The third-order valence-corrected chi connectivity index (χ3v) is 7.54. The summed E-state index contributed by atoms with van der Waals surface area (Å²) in [5, 5.41) is 2.87. The first kappa shape index (κ1) is 29.1. The number of alkyl halides is 5. The molecule has 3 aromatic rings. The summed E-state index contributed by atoms with van der Waals surface area (Å²) in [5.74, 6) is -7.54. The Bertz CT molecular complexity index is 1520. The summed E-state index contributed by atoms with van der Waals surface area (Å²) in [5.41, 5.74) is 1.17. The van der Waals surface area contributed by atoms with E-state index in [0.717, 1.165) is 24.3 Å². The van der Waals surface area contributed by atoms with Gasteiger partial charge in [0.25, 0.3) is 5.91 Å². The fraction of sp³-hybridized carbons (Fsp3) is 0.167. The van der Waals surface area contributed by atoms with E-state index in [0.29, 0.717) is 11.6 Å². The molecule has 3 aromatic carbocycles. The normalized spacial score (nSPS) is 18.0. The Morgan fingerprint density at radius 2 is 1.56 bits per heavy atom. The zero-order valence-electron chi connectivity index (χ0n) is 18.9. The number of halogens is 10. The molecule has 15 heteroatoms. The molecule has 2 unspecified atom stereocenters. The summed E-state index contributed by atoms with van der Waals surface area (Å²) in [6.45, 7) is 0. The van der Waals surface area contributed by atoms with E-state index in [1.54, 1.807) is 0 Å². The number of rotatable bonds is 5. The van der Waals surface area contributed by atoms with Crippen molar-refractivity contribution < 1.29 is 35.9 Å². The van der Waals surface area contributed by atoms with Crippen LogP contribution in [0.4, 0.5) is 43.4 Å². The van der Waals surface area contributed by atoms with E-state index in [-0.39, 0.29) is 5.02 Å². The molecule has 0 saturated heterocycles. The van der Waals surface area contributed by atoms with Crippen LogP contribution in [0.3, 0.4) is 0 Å². The lowest BCUT2D eigenvalue weighted by molar-refractivity contribution is -0.137. The van der Waals surface area contributed by atoms with Gasteiger partial charge in [-0.05, 0) is 42.0 Å². The van der Waals surface area contributed by atoms with Crippen molar-refractivity contribution >= 4 is 75.3 Å². The molecular formula is C24H13Cl4F6N3O2. The maximum atomic E-state index is 14.2. The summed E-state index contributed by atoms with van der Waals surface area (Å²) in [4.78, 5) is 25.7. The van der Waals surface area contributed by atoms with Gasteiger partial charge in [0.2, 0.25) is 5.91 Å². The zero-order valence-corrected chi connectivity index (χ0v) is 21.9. The second-order valence-corrected chi connectivity index (χ2v) is 10.7. The Morgan fingerprint density at radius 3 is 2.18 bits per heavy atom. The maximum absolute atomic E-state index is 14.2. The molecule has 1 saturated carbocycles. The molecule has 206 valence electrons. The van der Waals surface area contributed by atoms with Gasteiger partial charge in [-0.15, -0.1) is 23.2 Å². The average molecular weight is 631 g/mol. The molecule has 0 aromatic heterocycles. The Labute approximate surface area is 236 Å². The molecule has 5 nitrogen and oxygen atoms in total. The van der Waals surface area contributed by atoms with E-state index in [1.807, 2.05) is 5.32 Å². The quantitative estimate of drug-likeness (QED) is 0.153. The third kappa shape index (κ3) is 5.58. The van der Waals surface area contributed by atoms with Crippen molar-refractivity contribution in [3.05, 3.63) is 86.7 Å². The van der Waals surface area contributed by atoms with E-state index >= 15 is 0 Å². The Balaban J connectivity index is 1.65. The van der Waals surface area contributed by atoms with Crippen LogP contribution < -0.4 is 16.4 Å². The van der Waals surface area contributed by atoms with Gasteiger partial charge in [0.15, 0.2) is 5.82 Å². The fourth-order valence-corrected chi connectivity index (χ4v) is 5.24. The molecule has 0 aliphatic heterocycles. The van der Waals surface area contributed by atoms with Crippen molar-refractivity contribution in [2.24, 2.45) is 5.92 Å². The Hall–Kier alpha value is -2.86. The van der Waals surface area contributed by atoms with Gasteiger partial charge in [-0.25, -0.2) is 13.2 Å². The number of amides is 2. The van der Waals surface area contributed by atoms with Gasteiger partial charge < -0.3 is 16.4 Å². The van der Waals surface area contributed by atoms with Crippen LogP contribution in [0.1, 0.15) is 27.4 Å². The topological polar surface area (TPSA) is 84.2 Å². The van der Waals surface area contributed by atoms with Crippen molar-refractivity contribution in [1.82, 2.24) is 0 Å². The van der Waals surface area contributed by atoms with Crippen molar-refractivity contribution in [1.29, 1.82) is 0 Å². The van der Waals surface area contributed by atoms with E-state index in [1.165, 1.54) is 12.1 Å². The second-order valence-electron chi connectivity index (χ2n) is 8.45. The van der Waals surface area contributed by atoms with Crippen LogP contribution in [0.25, 0.3) is 0 Å². The average Bonchev–Trinajstić information content (AvgIpc) is 3.43. The van der Waals surface area contributed by atoms with Crippen LogP contribution in [0.2, 0.25) is 10.0 Å². The summed E-state index contributed by atoms with van der Waals surface area (Å²) < 4.78 is 80.6. The number of carbonyl (C=O) groups excluding carboxylic acids is 2. The molecule has 2 atom stereocenters. The smallest absolute Gasteiger partial charge is 0.394 e. The van der Waals surface area contributed by atoms with Gasteiger partial charge in [0.1, 0.15) is 21.7 Å². The molecule has 1 aliphatic carbocycles. The number of anilines is 3. The monoisotopic (exact) mass is 629 g/mol. The first-order valence-electron chi connectivity index (χ1n) is 10.6. The summed E-state index contributed by atoms with van der Waals surface area (Å²) in [7, 11) is 0. The highest BCUT2D eigenvalue weighted by molar-refractivity contribution is 6.53. The number of nitrogens with two attached hydrogens (primary N) is 1. The van der Waals surface area contributed by atoms with E-state index < -0.39 is 84.8 Å². The summed E-state index contributed by atoms with van der Waals surface area (Å²) in [6.07, 6.45) is -5.08. The number of hydrogen-bond acceptors (Lipinski definition) is 3. The highest BCUT2D eigenvalue weighted by Crippen LogP contribution is 2.65. The van der Waals surface area contributed by atoms with Crippen molar-refractivity contribution in [3.63, 3.8) is 0 Å². The van der Waals surface area contributed by atoms with Crippen molar-refractivity contribution in [2.75, 3.05) is 16.4 Å². The predicted molar refractivity (Wildman–Crippen MR) is 136 cm³/mol. The van der Waals surface area contributed by atoms with Crippen LogP contribution in [0.15, 0.2) is 42.5 Å². The first-order chi connectivity index (χ1) is 18.0. The second kappa shape index (κ2) is 10.3. The maximum Gasteiger partial charge on any atom is 0.417 e. The SMILES string of the molecule is Nc1c(F)ccc(NC(=O)c2cc(NC(=O)C3C(c4ccc(F)c(Cl)c4)C3(Cl)Cl)cc(C(F)(F)F)c2Cl)c1F. The largest absolute Gasteiger partial charge is 0.417 e. The first-order valence-corrected chi connectivity index (χ1v) is 12.1. The van der Waals surface area contributed by atoms with Crippen molar-refractivity contribution in [3.8, 4) is 0 Å². The van der Waals surface area contributed by atoms with Crippen LogP contribution in [0, 0.1) is 23.4 Å². The van der Waals surface area contributed by atoms with Crippen LogP contribution >= 0.6 is 46.4 Å². The van der Waals surface area contributed by atoms with Gasteiger partial charge in [-0.3, -0.25) is 9.59 Å². The van der Waals surface area contributed by atoms with E-state index in [2.05, 4.69) is 5.32 Å². The number of nitrogens with one attached hydrogen (secondary N) is 2. The number of nitrogen functional groups attached to an aromatic ring is 1.